The maximum Gasteiger partial charge on any atom is 0.272 e. The second kappa shape index (κ2) is 11.1. The lowest BCUT2D eigenvalue weighted by atomic mass is 9.93. The summed E-state index contributed by atoms with van der Waals surface area (Å²) in [7, 11) is -2.21. The van der Waals surface area contributed by atoms with Crippen LogP contribution in [-0.2, 0) is 10.0 Å². The Morgan fingerprint density at radius 2 is 2.08 bits per heavy atom. The lowest BCUT2D eigenvalue weighted by Gasteiger charge is -2.37. The Kier molecular flexibility index (Phi) is 8.12. The van der Waals surface area contributed by atoms with E-state index in [1.807, 2.05) is 19.1 Å². The van der Waals surface area contributed by atoms with E-state index < -0.39 is 22.2 Å². The standard InChI is InChI=1S/C27H35N3O5S/c1-19-16-30(20(2)18-31)36(33,34)26-13-12-22(21-9-5-4-6-10-21)15-24(26)35-25(19)17-29(3)27(32)23-11-7-8-14-28-23/h7-9,11-15,19-20,25,31H,4-6,10,16-18H2,1-3H3/t19-,20+,25+/m1/s1. The number of allylic oxidation sites excluding steroid dienone is 2. The van der Waals surface area contributed by atoms with Gasteiger partial charge in [0, 0.05) is 31.7 Å². The van der Waals surface area contributed by atoms with E-state index in [4.69, 9.17) is 4.74 Å². The number of likely N-dealkylation sites (N-methyl/N-ethyl adjacent to an activating group) is 1. The van der Waals surface area contributed by atoms with Crippen LogP contribution < -0.4 is 4.74 Å². The molecule has 2 heterocycles. The van der Waals surface area contributed by atoms with Gasteiger partial charge < -0.3 is 14.7 Å². The summed E-state index contributed by atoms with van der Waals surface area (Å²) >= 11 is 0. The van der Waals surface area contributed by atoms with Gasteiger partial charge in [-0.15, -0.1) is 0 Å². The molecule has 9 heteroatoms. The number of benzene rings is 1. The van der Waals surface area contributed by atoms with Gasteiger partial charge in [-0.05, 0) is 68.0 Å². The molecule has 0 bridgehead atoms. The van der Waals surface area contributed by atoms with E-state index >= 15 is 0 Å². The second-order valence-corrected chi connectivity index (χ2v) is 11.6. The van der Waals surface area contributed by atoms with Gasteiger partial charge in [0.25, 0.3) is 5.91 Å². The minimum absolute atomic E-state index is 0.0820. The SMILES string of the molecule is C[C@@H]1CN([C@@H](C)CO)S(=O)(=O)c2ccc(C3=CCCCC3)cc2O[C@H]1CN(C)C(=O)c1ccccn1. The lowest BCUT2D eigenvalue weighted by molar-refractivity contribution is 0.0559. The van der Waals surface area contributed by atoms with Crippen LogP contribution >= 0.6 is 0 Å². The van der Waals surface area contributed by atoms with Crippen molar-refractivity contribution in [3.63, 3.8) is 0 Å². The number of hydrogen-bond donors (Lipinski definition) is 1. The normalized spacial score (nSPS) is 22.8. The maximum absolute atomic E-state index is 13.7. The monoisotopic (exact) mass is 513 g/mol. The molecule has 1 amide bonds. The molecule has 3 atom stereocenters. The summed E-state index contributed by atoms with van der Waals surface area (Å²) in [4.78, 5) is 18.8. The summed E-state index contributed by atoms with van der Waals surface area (Å²) in [6.07, 6.45) is 7.52. The van der Waals surface area contributed by atoms with Crippen LogP contribution in [0, 0.1) is 5.92 Å². The molecule has 1 aromatic carbocycles. The number of aliphatic hydroxyl groups is 1. The summed E-state index contributed by atoms with van der Waals surface area (Å²) in [5.41, 5.74) is 2.48. The minimum atomic E-state index is -3.91. The molecule has 1 aliphatic carbocycles. The molecular weight excluding hydrogens is 478 g/mol. The number of ether oxygens (including phenoxy) is 1. The molecular formula is C27H35N3O5S. The minimum Gasteiger partial charge on any atom is -0.487 e. The number of sulfonamides is 1. The van der Waals surface area contributed by atoms with E-state index in [2.05, 4.69) is 11.1 Å². The third-order valence-corrected chi connectivity index (χ3v) is 9.03. The molecule has 0 saturated carbocycles. The molecule has 2 aliphatic rings. The van der Waals surface area contributed by atoms with Gasteiger partial charge in [-0.2, -0.15) is 4.31 Å². The van der Waals surface area contributed by atoms with E-state index in [1.54, 1.807) is 49.3 Å². The Balaban J connectivity index is 1.72. The van der Waals surface area contributed by atoms with E-state index in [0.29, 0.717) is 5.69 Å². The fourth-order valence-corrected chi connectivity index (χ4v) is 6.61. The highest BCUT2D eigenvalue weighted by Crippen LogP contribution is 2.37. The number of amides is 1. The van der Waals surface area contributed by atoms with E-state index in [-0.39, 0.29) is 42.2 Å². The van der Waals surface area contributed by atoms with E-state index in [1.165, 1.54) is 9.88 Å². The molecule has 0 saturated heterocycles. The van der Waals surface area contributed by atoms with E-state index in [9.17, 15) is 18.3 Å². The Labute approximate surface area is 213 Å². The first-order valence-electron chi connectivity index (χ1n) is 12.5. The summed E-state index contributed by atoms with van der Waals surface area (Å²) in [6.45, 7) is 3.72. The van der Waals surface area contributed by atoms with Gasteiger partial charge in [-0.3, -0.25) is 9.78 Å². The number of aliphatic hydroxyl groups excluding tert-OH is 1. The predicted molar refractivity (Wildman–Crippen MR) is 138 cm³/mol. The average molecular weight is 514 g/mol. The molecule has 1 N–H and O–H groups in total. The first kappa shape index (κ1) is 26.3. The Morgan fingerprint density at radius 3 is 2.75 bits per heavy atom. The molecule has 2 aromatic rings. The van der Waals surface area contributed by atoms with Gasteiger partial charge in [0.2, 0.25) is 10.0 Å². The first-order chi connectivity index (χ1) is 17.2. The lowest BCUT2D eigenvalue weighted by Crippen LogP contribution is -2.50. The molecule has 0 spiro atoms. The summed E-state index contributed by atoms with van der Waals surface area (Å²) < 4.78 is 35.1. The smallest absolute Gasteiger partial charge is 0.272 e. The van der Waals surface area contributed by atoms with Gasteiger partial charge in [0.1, 0.15) is 22.4 Å². The molecule has 0 fully saturated rings. The molecule has 0 radical (unpaired) electrons. The zero-order valence-electron chi connectivity index (χ0n) is 21.1. The summed E-state index contributed by atoms with van der Waals surface area (Å²) in [6, 6.07) is 9.86. The third-order valence-electron chi connectivity index (χ3n) is 7.01. The fraction of sp³-hybridized carbons (Fsp3) is 0.481. The number of carbonyl (C=O) groups excluding carboxylic acids is 1. The predicted octanol–water partition coefficient (Wildman–Crippen LogP) is 3.58. The number of nitrogens with zero attached hydrogens (tertiary/aromatic N) is 3. The molecule has 0 unspecified atom stereocenters. The van der Waals surface area contributed by atoms with Crippen LogP contribution in [-0.4, -0.2) is 72.5 Å². The van der Waals surface area contributed by atoms with Crippen molar-refractivity contribution in [1.82, 2.24) is 14.2 Å². The molecule has 8 nitrogen and oxygen atoms in total. The highest BCUT2D eigenvalue weighted by Gasteiger charge is 2.38. The van der Waals surface area contributed by atoms with Crippen molar-refractivity contribution in [2.24, 2.45) is 5.92 Å². The second-order valence-electron chi connectivity index (χ2n) is 9.78. The van der Waals surface area contributed by atoms with Crippen LogP contribution in [0.5, 0.6) is 5.75 Å². The zero-order chi connectivity index (χ0) is 25.9. The number of carbonyl (C=O) groups is 1. The van der Waals surface area contributed by atoms with Crippen molar-refractivity contribution in [1.29, 1.82) is 0 Å². The van der Waals surface area contributed by atoms with Crippen LogP contribution in [0.25, 0.3) is 5.57 Å². The number of hydrogen-bond acceptors (Lipinski definition) is 6. The first-order valence-corrected chi connectivity index (χ1v) is 14.0. The molecule has 1 aliphatic heterocycles. The third kappa shape index (κ3) is 5.48. The van der Waals surface area contributed by atoms with Crippen molar-refractivity contribution in [2.45, 2.75) is 56.6 Å². The molecule has 1 aromatic heterocycles. The largest absolute Gasteiger partial charge is 0.487 e. The number of fused-ring (bicyclic) bond motifs is 1. The topological polar surface area (TPSA) is 100 Å². The average Bonchev–Trinajstić information content (AvgIpc) is 2.90. The van der Waals surface area contributed by atoms with Gasteiger partial charge >= 0.3 is 0 Å². The number of aromatic nitrogens is 1. The van der Waals surface area contributed by atoms with Crippen molar-refractivity contribution in [3.05, 3.63) is 59.9 Å². The highest BCUT2D eigenvalue weighted by molar-refractivity contribution is 7.89. The van der Waals surface area contributed by atoms with Crippen LogP contribution in [0.1, 0.15) is 55.6 Å². The number of rotatable bonds is 6. The highest BCUT2D eigenvalue weighted by atomic mass is 32.2. The Morgan fingerprint density at radius 1 is 1.28 bits per heavy atom. The maximum atomic E-state index is 13.7. The van der Waals surface area contributed by atoms with Crippen molar-refractivity contribution in [2.75, 3.05) is 26.7 Å². The Hall–Kier alpha value is -2.75. The zero-order valence-corrected chi connectivity index (χ0v) is 21.9. The molecule has 4 rings (SSSR count). The van der Waals surface area contributed by atoms with Gasteiger partial charge in [-0.25, -0.2) is 8.42 Å². The van der Waals surface area contributed by atoms with Crippen LogP contribution in [0.15, 0.2) is 53.6 Å². The fourth-order valence-electron chi connectivity index (χ4n) is 4.78. The van der Waals surface area contributed by atoms with Crippen molar-refractivity contribution >= 4 is 21.5 Å². The van der Waals surface area contributed by atoms with Crippen LogP contribution in [0.4, 0.5) is 0 Å². The molecule has 36 heavy (non-hydrogen) atoms. The van der Waals surface area contributed by atoms with Gasteiger partial charge in [0.05, 0.1) is 13.2 Å². The van der Waals surface area contributed by atoms with Crippen LogP contribution in [0.3, 0.4) is 0 Å². The van der Waals surface area contributed by atoms with Crippen LogP contribution in [0.2, 0.25) is 0 Å². The van der Waals surface area contributed by atoms with E-state index in [0.717, 1.165) is 31.2 Å². The quantitative estimate of drug-likeness (QED) is 0.634. The number of pyridine rings is 1. The van der Waals surface area contributed by atoms with Gasteiger partial charge in [0.15, 0.2) is 0 Å². The Bertz CT molecular complexity index is 1220. The molecule has 194 valence electrons. The summed E-state index contributed by atoms with van der Waals surface area (Å²) in [5, 5.41) is 9.84. The van der Waals surface area contributed by atoms with Gasteiger partial charge in [-0.1, -0.05) is 25.1 Å². The van der Waals surface area contributed by atoms with Crippen molar-refractivity contribution < 1.29 is 23.1 Å². The summed E-state index contributed by atoms with van der Waals surface area (Å²) in [5.74, 6) is -0.203. The van der Waals surface area contributed by atoms with Crippen molar-refractivity contribution in [3.8, 4) is 5.75 Å².